The van der Waals surface area contributed by atoms with Gasteiger partial charge in [-0.3, -0.25) is 4.55 Å². The van der Waals surface area contributed by atoms with Crippen molar-refractivity contribution in [2.24, 2.45) is 0 Å². The molecular weight excluding hydrogens is 216 g/mol. The molecule has 4 nitrogen and oxygen atoms in total. The second-order valence-corrected chi connectivity index (χ2v) is 19.6. The van der Waals surface area contributed by atoms with E-state index in [4.69, 9.17) is 4.55 Å². The SMILES string of the molecule is CCC([SiH](O)[SiH2][SiH3])S(=O)(=O)O. The molecule has 0 saturated heterocycles. The Kier molecular flexibility index (Phi) is 4.74. The van der Waals surface area contributed by atoms with Crippen LogP contribution in [0.1, 0.15) is 13.3 Å². The lowest BCUT2D eigenvalue weighted by molar-refractivity contribution is 0.471. The zero-order valence-electron chi connectivity index (χ0n) is 6.69. The van der Waals surface area contributed by atoms with E-state index in [9.17, 15) is 13.2 Å². The predicted molar refractivity (Wildman–Crippen MR) is 53.5 cm³/mol. The van der Waals surface area contributed by atoms with Gasteiger partial charge in [0.2, 0.25) is 0 Å². The van der Waals surface area contributed by atoms with Crippen LogP contribution >= 0.6 is 0 Å². The highest BCUT2D eigenvalue weighted by Gasteiger charge is 2.29. The van der Waals surface area contributed by atoms with Crippen LogP contribution in [0.25, 0.3) is 0 Å². The Morgan fingerprint density at radius 3 is 2.27 bits per heavy atom. The third-order valence-electron chi connectivity index (χ3n) is 1.63. The molecule has 2 atom stereocenters. The van der Waals surface area contributed by atoms with Gasteiger partial charge in [-0.15, -0.1) is 0 Å². The highest BCUT2D eigenvalue weighted by molar-refractivity contribution is 7.88. The molecule has 0 aromatic carbocycles. The van der Waals surface area contributed by atoms with Crippen LogP contribution in [-0.2, 0) is 10.1 Å². The Bertz CT molecular complexity index is 203. The molecular formula is C3H14O4SSi3. The van der Waals surface area contributed by atoms with Gasteiger partial charge in [0.05, 0.1) is 4.87 Å². The summed E-state index contributed by atoms with van der Waals surface area (Å²) in [4.78, 5) is 8.55. The standard InChI is InChI=1S/C3H14O4SSi3/c1-2-3(8(4,5)6)11(7)10-9/h3,7,11H,2,10H2,1,9H3,(H,4,5,6). The van der Waals surface area contributed by atoms with E-state index < -0.39 is 32.1 Å². The van der Waals surface area contributed by atoms with Crippen molar-refractivity contribution in [1.82, 2.24) is 0 Å². The Balaban J connectivity index is 4.42. The van der Waals surface area contributed by atoms with Gasteiger partial charge < -0.3 is 4.80 Å². The second-order valence-electron chi connectivity index (χ2n) is 2.44. The smallest absolute Gasteiger partial charge is 0.266 e. The summed E-state index contributed by atoms with van der Waals surface area (Å²) in [6.07, 6.45) is 0.349. The minimum absolute atomic E-state index is 0.349. The minimum Gasteiger partial charge on any atom is -0.437 e. The van der Waals surface area contributed by atoms with Crippen LogP contribution in [0.4, 0.5) is 0 Å². The number of hydrogen-bond acceptors (Lipinski definition) is 3. The summed E-state index contributed by atoms with van der Waals surface area (Å²) >= 11 is 0. The number of rotatable bonds is 4. The van der Waals surface area contributed by atoms with Crippen LogP contribution in [0.2, 0.25) is 0 Å². The summed E-state index contributed by atoms with van der Waals surface area (Å²) < 4.78 is 29.9. The summed E-state index contributed by atoms with van der Waals surface area (Å²) in [6, 6.07) is 0. The molecule has 0 heterocycles. The molecule has 0 bridgehead atoms. The molecule has 0 fully saturated rings. The fourth-order valence-corrected chi connectivity index (χ4v) is 18.7. The van der Waals surface area contributed by atoms with Crippen molar-refractivity contribution >= 4 is 37.0 Å². The Morgan fingerprint density at radius 2 is 2.18 bits per heavy atom. The average Bonchev–Trinajstić information content (AvgIpc) is 1.86. The molecule has 0 aromatic heterocycles. The fraction of sp³-hybridized carbons (Fsp3) is 1.00. The molecule has 0 radical (unpaired) electrons. The molecule has 0 amide bonds. The van der Waals surface area contributed by atoms with Crippen molar-refractivity contribution in [1.29, 1.82) is 0 Å². The van der Waals surface area contributed by atoms with Crippen molar-refractivity contribution < 1.29 is 17.8 Å². The van der Waals surface area contributed by atoms with E-state index in [2.05, 4.69) is 0 Å². The molecule has 0 aliphatic carbocycles. The summed E-state index contributed by atoms with van der Waals surface area (Å²) in [7, 11) is -5.59. The van der Waals surface area contributed by atoms with Crippen LogP contribution in [0.5, 0.6) is 0 Å². The largest absolute Gasteiger partial charge is 0.437 e. The van der Waals surface area contributed by atoms with Gasteiger partial charge in [0, 0.05) is 8.55 Å². The molecule has 0 aromatic rings. The molecule has 0 aliphatic heterocycles. The van der Waals surface area contributed by atoms with Gasteiger partial charge in [-0.1, -0.05) is 6.92 Å². The molecule has 0 aliphatic rings. The van der Waals surface area contributed by atoms with Gasteiger partial charge in [-0.2, -0.15) is 8.42 Å². The van der Waals surface area contributed by atoms with E-state index in [1.807, 2.05) is 0 Å². The van der Waals surface area contributed by atoms with Crippen LogP contribution < -0.4 is 0 Å². The molecule has 2 N–H and O–H groups in total. The van der Waals surface area contributed by atoms with Gasteiger partial charge in [-0.05, 0) is 16.2 Å². The van der Waals surface area contributed by atoms with Crippen LogP contribution in [0.3, 0.4) is 0 Å². The van der Waals surface area contributed by atoms with Gasteiger partial charge in [-0.25, -0.2) is 0 Å². The maximum absolute atomic E-state index is 10.6. The van der Waals surface area contributed by atoms with E-state index in [0.717, 1.165) is 9.76 Å². The first-order valence-corrected chi connectivity index (χ1v) is 15.2. The van der Waals surface area contributed by atoms with Gasteiger partial charge in [0.1, 0.15) is 0 Å². The minimum atomic E-state index is -3.96. The van der Waals surface area contributed by atoms with Crippen molar-refractivity contribution in [3.8, 4) is 0 Å². The second kappa shape index (κ2) is 4.52. The van der Waals surface area contributed by atoms with Crippen LogP contribution in [0.15, 0.2) is 0 Å². The third-order valence-corrected chi connectivity index (χ3v) is 19.6. The molecule has 0 spiro atoms. The van der Waals surface area contributed by atoms with Crippen molar-refractivity contribution in [2.75, 3.05) is 0 Å². The first-order chi connectivity index (χ1) is 4.93. The quantitative estimate of drug-likeness (QED) is 0.395. The zero-order valence-corrected chi connectivity index (χ0v) is 12.1. The molecule has 0 rings (SSSR count). The van der Waals surface area contributed by atoms with Crippen LogP contribution in [0, 0.1) is 0 Å². The first-order valence-electron chi connectivity index (χ1n) is 3.57. The molecule has 2 unspecified atom stereocenters. The van der Waals surface area contributed by atoms with Crippen molar-refractivity contribution in [2.45, 2.75) is 18.2 Å². The monoisotopic (exact) mass is 230 g/mol. The lowest BCUT2D eigenvalue weighted by atomic mass is 10.6. The van der Waals surface area contributed by atoms with E-state index >= 15 is 0 Å². The van der Waals surface area contributed by atoms with Crippen LogP contribution in [-0.4, -0.2) is 49.5 Å². The summed E-state index contributed by atoms with van der Waals surface area (Å²) in [5, 5.41) is 0. The first kappa shape index (κ1) is 11.5. The van der Waals surface area contributed by atoms with Gasteiger partial charge in [0.25, 0.3) is 10.1 Å². The Morgan fingerprint density at radius 1 is 1.73 bits per heavy atom. The van der Waals surface area contributed by atoms with E-state index in [-0.39, 0.29) is 0 Å². The maximum Gasteiger partial charge on any atom is 0.266 e. The summed E-state index contributed by atoms with van der Waals surface area (Å²) in [5.74, 6) is 0. The number of hydrogen-bond donors (Lipinski definition) is 2. The average molecular weight is 230 g/mol. The van der Waals surface area contributed by atoms with E-state index in [1.54, 1.807) is 6.92 Å². The maximum atomic E-state index is 10.6. The Labute approximate surface area is 73.3 Å². The Hall–Kier alpha value is 0.521. The van der Waals surface area contributed by atoms with E-state index in [0.29, 0.717) is 6.42 Å². The van der Waals surface area contributed by atoms with Gasteiger partial charge >= 0.3 is 0 Å². The van der Waals surface area contributed by atoms with Crippen molar-refractivity contribution in [3.63, 3.8) is 0 Å². The topological polar surface area (TPSA) is 74.6 Å². The third kappa shape index (κ3) is 3.62. The summed E-state index contributed by atoms with van der Waals surface area (Å²) in [6.45, 7) is 1.68. The lowest BCUT2D eigenvalue weighted by Crippen LogP contribution is -2.42. The molecule has 11 heavy (non-hydrogen) atoms. The molecule has 0 saturated carbocycles. The summed E-state index contributed by atoms with van der Waals surface area (Å²) in [5.41, 5.74) is 0. The van der Waals surface area contributed by atoms with Gasteiger partial charge in [0.15, 0.2) is 8.56 Å². The molecule has 68 valence electrons. The highest BCUT2D eigenvalue weighted by Crippen LogP contribution is 2.04. The fourth-order valence-electron chi connectivity index (χ4n) is 0.944. The predicted octanol–water partition coefficient (Wildman–Crippen LogP) is -3.15. The zero-order chi connectivity index (χ0) is 9.07. The normalized spacial score (nSPS) is 19.2. The highest BCUT2D eigenvalue weighted by atomic mass is 32.2. The van der Waals surface area contributed by atoms with Crippen molar-refractivity contribution in [3.05, 3.63) is 0 Å². The van der Waals surface area contributed by atoms with E-state index in [1.165, 1.54) is 0 Å². The molecule has 8 heteroatoms. The lowest BCUT2D eigenvalue weighted by Gasteiger charge is -2.14.